The summed E-state index contributed by atoms with van der Waals surface area (Å²) in [5.41, 5.74) is 3.86. The summed E-state index contributed by atoms with van der Waals surface area (Å²) < 4.78 is 0. The van der Waals surface area contributed by atoms with E-state index in [1.807, 2.05) is 18.4 Å². The highest BCUT2D eigenvalue weighted by atomic mass is 32.1. The van der Waals surface area contributed by atoms with Crippen LogP contribution in [-0.4, -0.2) is 12.0 Å². The SMILES string of the molecule is CNC1CCCc2nc(-c3cccc(C)c3)sc21. The molecule has 0 fully saturated rings. The molecule has 2 nitrogen and oxygen atoms in total. The minimum atomic E-state index is 0.504. The summed E-state index contributed by atoms with van der Waals surface area (Å²) in [6, 6.07) is 9.13. The van der Waals surface area contributed by atoms with Crippen LogP contribution < -0.4 is 5.32 Å². The highest BCUT2D eigenvalue weighted by Crippen LogP contribution is 2.37. The first-order chi connectivity index (χ1) is 8.78. The van der Waals surface area contributed by atoms with E-state index in [0.717, 1.165) is 6.42 Å². The van der Waals surface area contributed by atoms with Crippen molar-refractivity contribution in [2.75, 3.05) is 7.05 Å². The topological polar surface area (TPSA) is 24.9 Å². The van der Waals surface area contributed by atoms with E-state index >= 15 is 0 Å². The molecule has 1 aromatic carbocycles. The average molecular weight is 258 g/mol. The molecule has 0 saturated heterocycles. The van der Waals surface area contributed by atoms with Crippen LogP contribution in [0, 0.1) is 6.92 Å². The van der Waals surface area contributed by atoms with Crippen LogP contribution in [-0.2, 0) is 6.42 Å². The maximum atomic E-state index is 4.84. The lowest BCUT2D eigenvalue weighted by Crippen LogP contribution is -2.19. The quantitative estimate of drug-likeness (QED) is 0.888. The van der Waals surface area contributed by atoms with Crippen LogP contribution in [0.25, 0.3) is 10.6 Å². The molecule has 0 radical (unpaired) electrons. The maximum absolute atomic E-state index is 4.84. The van der Waals surface area contributed by atoms with Gasteiger partial charge in [-0.1, -0.05) is 23.8 Å². The van der Waals surface area contributed by atoms with E-state index < -0.39 is 0 Å². The van der Waals surface area contributed by atoms with Crippen molar-refractivity contribution in [3.05, 3.63) is 40.4 Å². The second-order valence-corrected chi connectivity index (χ2v) is 5.96. The zero-order chi connectivity index (χ0) is 12.5. The normalized spacial score (nSPS) is 18.7. The van der Waals surface area contributed by atoms with Gasteiger partial charge in [0.15, 0.2) is 0 Å². The van der Waals surface area contributed by atoms with Gasteiger partial charge in [-0.3, -0.25) is 0 Å². The Morgan fingerprint density at radius 2 is 2.28 bits per heavy atom. The van der Waals surface area contributed by atoms with Crippen LogP contribution in [0.15, 0.2) is 24.3 Å². The number of aryl methyl sites for hydroxylation is 2. The smallest absolute Gasteiger partial charge is 0.123 e. The lowest BCUT2D eigenvalue weighted by atomic mass is 9.98. The molecule has 1 aliphatic carbocycles. The van der Waals surface area contributed by atoms with Crippen molar-refractivity contribution < 1.29 is 0 Å². The molecule has 1 heterocycles. The summed E-state index contributed by atoms with van der Waals surface area (Å²) in [5, 5.41) is 4.58. The first-order valence-corrected chi connectivity index (χ1v) is 7.33. The third-order valence-corrected chi connectivity index (χ3v) is 4.82. The van der Waals surface area contributed by atoms with Gasteiger partial charge in [0, 0.05) is 16.5 Å². The van der Waals surface area contributed by atoms with Crippen LogP contribution in [0.4, 0.5) is 0 Å². The van der Waals surface area contributed by atoms with Crippen molar-refractivity contribution in [3.63, 3.8) is 0 Å². The average Bonchev–Trinajstić information content (AvgIpc) is 2.82. The van der Waals surface area contributed by atoms with Gasteiger partial charge in [0.05, 0.1) is 5.69 Å². The molecule has 0 spiro atoms. The number of aromatic nitrogens is 1. The predicted octanol–water partition coefficient (Wildman–Crippen LogP) is 3.72. The van der Waals surface area contributed by atoms with E-state index in [2.05, 4.69) is 36.5 Å². The van der Waals surface area contributed by atoms with Gasteiger partial charge in [-0.05, 0) is 39.3 Å². The van der Waals surface area contributed by atoms with Crippen molar-refractivity contribution in [3.8, 4) is 10.6 Å². The van der Waals surface area contributed by atoms with Gasteiger partial charge in [-0.2, -0.15) is 0 Å². The Labute approximate surface area is 112 Å². The van der Waals surface area contributed by atoms with Gasteiger partial charge in [0.25, 0.3) is 0 Å². The van der Waals surface area contributed by atoms with E-state index in [-0.39, 0.29) is 0 Å². The Kier molecular flexibility index (Phi) is 3.18. The number of benzene rings is 1. The van der Waals surface area contributed by atoms with Crippen molar-refractivity contribution in [2.45, 2.75) is 32.2 Å². The number of rotatable bonds is 2. The van der Waals surface area contributed by atoms with Gasteiger partial charge in [-0.15, -0.1) is 11.3 Å². The fraction of sp³-hybridized carbons (Fsp3) is 0.400. The number of hydrogen-bond acceptors (Lipinski definition) is 3. The first kappa shape index (κ1) is 11.9. The molecule has 3 rings (SSSR count). The summed E-state index contributed by atoms with van der Waals surface area (Å²) in [5.74, 6) is 0. The molecule has 1 atom stereocenters. The molecule has 94 valence electrons. The highest BCUT2D eigenvalue weighted by molar-refractivity contribution is 7.15. The Morgan fingerprint density at radius 1 is 1.39 bits per heavy atom. The van der Waals surface area contributed by atoms with Crippen LogP contribution in [0.5, 0.6) is 0 Å². The van der Waals surface area contributed by atoms with Crippen molar-refractivity contribution >= 4 is 11.3 Å². The predicted molar refractivity (Wildman–Crippen MR) is 77.0 cm³/mol. The number of hydrogen-bond donors (Lipinski definition) is 1. The van der Waals surface area contributed by atoms with E-state index in [9.17, 15) is 0 Å². The van der Waals surface area contributed by atoms with E-state index in [1.165, 1.54) is 39.5 Å². The Bertz CT molecular complexity index is 559. The standard InChI is InChI=1S/C15H18N2S/c1-10-5-3-6-11(9-10)15-17-13-8-4-7-12(16-2)14(13)18-15/h3,5-6,9,12,16H,4,7-8H2,1-2H3. The van der Waals surface area contributed by atoms with Gasteiger partial charge >= 0.3 is 0 Å². The molecule has 0 amide bonds. The summed E-state index contributed by atoms with van der Waals surface area (Å²) in [7, 11) is 2.05. The van der Waals surface area contributed by atoms with E-state index in [1.54, 1.807) is 0 Å². The molecule has 3 heteroatoms. The molecule has 1 aliphatic rings. The first-order valence-electron chi connectivity index (χ1n) is 6.52. The minimum absolute atomic E-state index is 0.504. The van der Waals surface area contributed by atoms with Crippen LogP contribution in [0.3, 0.4) is 0 Å². The molecular formula is C15H18N2S. The number of nitrogens with one attached hydrogen (secondary N) is 1. The molecule has 2 aromatic rings. The molecule has 0 saturated carbocycles. The molecule has 18 heavy (non-hydrogen) atoms. The minimum Gasteiger partial charge on any atom is -0.312 e. The third-order valence-electron chi connectivity index (χ3n) is 3.56. The number of fused-ring (bicyclic) bond motifs is 1. The highest BCUT2D eigenvalue weighted by Gasteiger charge is 2.23. The van der Waals surface area contributed by atoms with E-state index in [4.69, 9.17) is 4.98 Å². The van der Waals surface area contributed by atoms with Crippen LogP contribution in [0.1, 0.15) is 35.0 Å². The molecule has 0 aliphatic heterocycles. The van der Waals surface area contributed by atoms with Gasteiger partial charge in [0.2, 0.25) is 0 Å². The lowest BCUT2D eigenvalue weighted by Gasteiger charge is -2.19. The molecule has 1 unspecified atom stereocenters. The Morgan fingerprint density at radius 3 is 3.06 bits per heavy atom. The van der Waals surface area contributed by atoms with Crippen molar-refractivity contribution in [1.29, 1.82) is 0 Å². The van der Waals surface area contributed by atoms with Crippen LogP contribution in [0.2, 0.25) is 0 Å². The monoisotopic (exact) mass is 258 g/mol. The van der Waals surface area contributed by atoms with Gasteiger partial charge in [-0.25, -0.2) is 4.98 Å². The summed E-state index contributed by atoms with van der Waals surface area (Å²) in [6.07, 6.45) is 3.62. The lowest BCUT2D eigenvalue weighted by molar-refractivity contribution is 0.501. The van der Waals surface area contributed by atoms with Gasteiger partial charge in [0.1, 0.15) is 5.01 Å². The second kappa shape index (κ2) is 4.82. The van der Waals surface area contributed by atoms with E-state index in [0.29, 0.717) is 6.04 Å². The molecular weight excluding hydrogens is 240 g/mol. The second-order valence-electron chi connectivity index (χ2n) is 4.93. The molecule has 1 N–H and O–H groups in total. The summed E-state index contributed by atoms with van der Waals surface area (Å²) >= 11 is 1.86. The van der Waals surface area contributed by atoms with Crippen molar-refractivity contribution in [1.82, 2.24) is 10.3 Å². The Balaban J connectivity index is 2.02. The molecule has 0 bridgehead atoms. The maximum Gasteiger partial charge on any atom is 0.123 e. The molecule has 1 aromatic heterocycles. The summed E-state index contributed by atoms with van der Waals surface area (Å²) in [6.45, 7) is 2.13. The van der Waals surface area contributed by atoms with Crippen molar-refractivity contribution in [2.24, 2.45) is 0 Å². The zero-order valence-corrected chi connectivity index (χ0v) is 11.7. The van der Waals surface area contributed by atoms with Crippen LogP contribution >= 0.6 is 11.3 Å². The Hall–Kier alpha value is -1.19. The number of nitrogens with zero attached hydrogens (tertiary/aromatic N) is 1. The fourth-order valence-corrected chi connectivity index (χ4v) is 3.85. The largest absolute Gasteiger partial charge is 0.312 e. The third kappa shape index (κ3) is 2.08. The fourth-order valence-electron chi connectivity index (χ4n) is 2.60. The number of thiazole rings is 1. The zero-order valence-electron chi connectivity index (χ0n) is 10.9. The summed E-state index contributed by atoms with van der Waals surface area (Å²) in [4.78, 5) is 6.28. The van der Waals surface area contributed by atoms with Gasteiger partial charge < -0.3 is 5.32 Å².